The van der Waals surface area contributed by atoms with E-state index < -0.39 is 10.8 Å². The number of carbonyl (C=O) groups is 1. The van der Waals surface area contributed by atoms with Gasteiger partial charge in [-0.3, -0.25) is 14.9 Å². The second kappa shape index (κ2) is 4.21. The van der Waals surface area contributed by atoms with Crippen molar-refractivity contribution in [2.24, 2.45) is 5.73 Å². The highest BCUT2D eigenvalue weighted by Crippen LogP contribution is 2.26. The second-order valence-corrected chi connectivity index (χ2v) is 3.68. The molecule has 1 amide bonds. The first-order valence-corrected chi connectivity index (χ1v) is 5.02. The fourth-order valence-corrected chi connectivity index (χ4v) is 1.62. The maximum atomic E-state index is 11.1. The molecule has 1 aromatic carbocycles. The molecule has 0 saturated heterocycles. The molecule has 0 bridgehead atoms. The molecular formula is C11H10N4O3. The van der Waals surface area contributed by atoms with Gasteiger partial charge in [0.25, 0.3) is 11.6 Å². The highest BCUT2D eigenvalue weighted by Gasteiger charge is 2.13. The molecule has 1 heterocycles. The molecule has 0 fully saturated rings. The number of anilines is 1. The Labute approximate surface area is 102 Å². The SMILES string of the molecule is NC(=O)c1cc(-c2cccc([N+](=O)[O-])c2)[nH]c1N. The number of nitro groups is 1. The largest absolute Gasteiger partial charge is 0.385 e. The Morgan fingerprint density at radius 2 is 2.06 bits per heavy atom. The molecule has 0 aliphatic heterocycles. The summed E-state index contributed by atoms with van der Waals surface area (Å²) in [6, 6.07) is 7.45. The first-order chi connectivity index (χ1) is 8.49. The minimum atomic E-state index is -0.652. The fourth-order valence-electron chi connectivity index (χ4n) is 1.62. The maximum Gasteiger partial charge on any atom is 0.270 e. The van der Waals surface area contributed by atoms with Crippen molar-refractivity contribution in [2.75, 3.05) is 5.73 Å². The van der Waals surface area contributed by atoms with Gasteiger partial charge in [0.05, 0.1) is 10.5 Å². The lowest BCUT2D eigenvalue weighted by Gasteiger charge is -1.97. The number of carbonyl (C=O) groups excluding carboxylic acids is 1. The number of hydrogen-bond acceptors (Lipinski definition) is 4. The number of amides is 1. The summed E-state index contributed by atoms with van der Waals surface area (Å²) in [4.78, 5) is 24.0. The summed E-state index contributed by atoms with van der Waals surface area (Å²) in [6.45, 7) is 0. The van der Waals surface area contributed by atoms with Crippen molar-refractivity contribution >= 4 is 17.4 Å². The number of primary amides is 1. The quantitative estimate of drug-likeness (QED) is 0.556. The van der Waals surface area contributed by atoms with Gasteiger partial charge >= 0.3 is 0 Å². The van der Waals surface area contributed by atoms with Crippen LogP contribution < -0.4 is 11.5 Å². The number of nitro benzene ring substituents is 1. The molecule has 0 spiro atoms. The topological polar surface area (TPSA) is 128 Å². The summed E-state index contributed by atoms with van der Waals surface area (Å²) < 4.78 is 0. The molecule has 0 unspecified atom stereocenters. The zero-order valence-electron chi connectivity index (χ0n) is 9.21. The third kappa shape index (κ3) is 2.01. The number of rotatable bonds is 3. The predicted molar refractivity (Wildman–Crippen MR) is 65.8 cm³/mol. The van der Waals surface area contributed by atoms with Gasteiger partial charge in [-0.05, 0) is 6.07 Å². The van der Waals surface area contributed by atoms with Gasteiger partial charge < -0.3 is 16.5 Å². The highest BCUT2D eigenvalue weighted by molar-refractivity contribution is 5.99. The molecule has 0 aliphatic carbocycles. The van der Waals surface area contributed by atoms with Gasteiger partial charge in [0, 0.05) is 23.4 Å². The lowest BCUT2D eigenvalue weighted by Crippen LogP contribution is -2.11. The summed E-state index contributed by atoms with van der Waals surface area (Å²) in [5, 5.41) is 10.7. The van der Waals surface area contributed by atoms with Crippen molar-refractivity contribution in [1.82, 2.24) is 4.98 Å². The van der Waals surface area contributed by atoms with E-state index in [1.165, 1.54) is 18.2 Å². The summed E-state index contributed by atoms with van der Waals surface area (Å²) in [5.74, 6) is -0.510. The van der Waals surface area contributed by atoms with Crippen LogP contribution in [0.4, 0.5) is 11.5 Å². The van der Waals surface area contributed by atoms with Crippen LogP contribution in [0.15, 0.2) is 30.3 Å². The van der Waals surface area contributed by atoms with Crippen LogP contribution in [0.1, 0.15) is 10.4 Å². The van der Waals surface area contributed by atoms with Crippen molar-refractivity contribution in [3.63, 3.8) is 0 Å². The van der Waals surface area contributed by atoms with E-state index in [1.807, 2.05) is 0 Å². The Kier molecular flexibility index (Phi) is 2.72. The lowest BCUT2D eigenvalue weighted by atomic mass is 10.1. The Bertz CT molecular complexity index is 633. The Morgan fingerprint density at radius 3 is 2.61 bits per heavy atom. The monoisotopic (exact) mass is 246 g/mol. The van der Waals surface area contributed by atoms with Crippen molar-refractivity contribution in [2.45, 2.75) is 0 Å². The maximum absolute atomic E-state index is 11.1. The number of aromatic amines is 1. The average Bonchev–Trinajstić information content (AvgIpc) is 2.71. The highest BCUT2D eigenvalue weighted by atomic mass is 16.6. The van der Waals surface area contributed by atoms with E-state index >= 15 is 0 Å². The van der Waals surface area contributed by atoms with E-state index in [9.17, 15) is 14.9 Å². The molecule has 2 rings (SSSR count). The lowest BCUT2D eigenvalue weighted by molar-refractivity contribution is -0.384. The number of nitrogens with two attached hydrogens (primary N) is 2. The first-order valence-electron chi connectivity index (χ1n) is 5.02. The summed E-state index contributed by atoms with van der Waals surface area (Å²) in [6.07, 6.45) is 0. The fraction of sp³-hybridized carbons (Fsp3) is 0. The molecule has 0 saturated carbocycles. The number of aromatic nitrogens is 1. The third-order valence-corrected chi connectivity index (χ3v) is 2.48. The molecule has 0 atom stereocenters. The van der Waals surface area contributed by atoms with Gasteiger partial charge in [0.1, 0.15) is 5.82 Å². The number of non-ortho nitro benzene ring substituents is 1. The van der Waals surface area contributed by atoms with Gasteiger partial charge in [0.15, 0.2) is 0 Å². The van der Waals surface area contributed by atoms with E-state index in [0.29, 0.717) is 11.3 Å². The van der Waals surface area contributed by atoms with E-state index in [2.05, 4.69) is 4.98 Å². The summed E-state index contributed by atoms with van der Waals surface area (Å²) in [5.41, 5.74) is 11.9. The standard InChI is InChI=1S/C11H10N4O3/c12-10-8(11(13)16)5-9(14-10)6-2-1-3-7(4-6)15(17)18/h1-5,14H,12H2,(H2,13,16). The van der Waals surface area contributed by atoms with Gasteiger partial charge in [-0.25, -0.2) is 0 Å². The number of H-pyrrole nitrogens is 1. The average molecular weight is 246 g/mol. The van der Waals surface area contributed by atoms with Crippen LogP contribution in [0, 0.1) is 10.1 Å². The van der Waals surface area contributed by atoms with E-state index in [1.54, 1.807) is 12.1 Å². The molecule has 0 radical (unpaired) electrons. The van der Waals surface area contributed by atoms with E-state index in [0.717, 1.165) is 0 Å². The van der Waals surface area contributed by atoms with Crippen LogP contribution >= 0.6 is 0 Å². The molecule has 7 nitrogen and oxygen atoms in total. The molecule has 7 heteroatoms. The van der Waals surface area contributed by atoms with Gasteiger partial charge in [0.2, 0.25) is 0 Å². The molecule has 92 valence electrons. The van der Waals surface area contributed by atoms with Crippen LogP contribution in [-0.4, -0.2) is 15.8 Å². The zero-order valence-corrected chi connectivity index (χ0v) is 9.21. The Hall–Kier alpha value is -2.83. The Morgan fingerprint density at radius 1 is 1.33 bits per heavy atom. The van der Waals surface area contributed by atoms with Crippen LogP contribution in [-0.2, 0) is 0 Å². The molecular weight excluding hydrogens is 236 g/mol. The van der Waals surface area contributed by atoms with Crippen molar-refractivity contribution in [3.05, 3.63) is 46.0 Å². The van der Waals surface area contributed by atoms with Crippen molar-refractivity contribution in [3.8, 4) is 11.3 Å². The molecule has 2 aromatic rings. The number of benzene rings is 1. The van der Waals surface area contributed by atoms with E-state index in [-0.39, 0.29) is 17.1 Å². The van der Waals surface area contributed by atoms with Crippen molar-refractivity contribution in [1.29, 1.82) is 0 Å². The van der Waals surface area contributed by atoms with Crippen molar-refractivity contribution < 1.29 is 9.72 Å². The smallest absolute Gasteiger partial charge is 0.270 e. The van der Waals surface area contributed by atoms with Crippen LogP contribution in [0.25, 0.3) is 11.3 Å². The van der Waals surface area contributed by atoms with Gasteiger partial charge in [-0.2, -0.15) is 0 Å². The molecule has 18 heavy (non-hydrogen) atoms. The van der Waals surface area contributed by atoms with Crippen LogP contribution in [0.5, 0.6) is 0 Å². The summed E-state index contributed by atoms with van der Waals surface area (Å²) >= 11 is 0. The zero-order chi connectivity index (χ0) is 13.3. The number of nitrogen functional groups attached to an aromatic ring is 1. The Balaban J connectivity index is 2.49. The molecule has 0 aliphatic rings. The van der Waals surface area contributed by atoms with Gasteiger partial charge in [-0.15, -0.1) is 0 Å². The van der Waals surface area contributed by atoms with Crippen LogP contribution in [0.2, 0.25) is 0 Å². The predicted octanol–water partition coefficient (Wildman–Crippen LogP) is 1.27. The third-order valence-electron chi connectivity index (χ3n) is 2.48. The van der Waals surface area contributed by atoms with Crippen LogP contribution in [0.3, 0.4) is 0 Å². The second-order valence-electron chi connectivity index (χ2n) is 3.68. The number of nitrogens with one attached hydrogen (secondary N) is 1. The minimum Gasteiger partial charge on any atom is -0.385 e. The summed E-state index contributed by atoms with van der Waals surface area (Å²) in [7, 11) is 0. The van der Waals surface area contributed by atoms with E-state index in [4.69, 9.17) is 11.5 Å². The van der Waals surface area contributed by atoms with Gasteiger partial charge in [-0.1, -0.05) is 12.1 Å². The minimum absolute atomic E-state index is 0.0405. The molecule has 1 aromatic heterocycles. The molecule has 5 N–H and O–H groups in total. The first kappa shape index (κ1) is 11.6. The number of nitrogens with zero attached hydrogens (tertiary/aromatic N) is 1. The normalized spacial score (nSPS) is 10.2. The number of hydrogen-bond donors (Lipinski definition) is 3.